The van der Waals surface area contributed by atoms with Crippen molar-refractivity contribution in [2.75, 3.05) is 6.54 Å². The van der Waals surface area contributed by atoms with E-state index in [1.165, 1.54) is 24.0 Å². The van der Waals surface area contributed by atoms with Crippen molar-refractivity contribution in [1.29, 1.82) is 0 Å². The Bertz CT molecular complexity index is 1440. The van der Waals surface area contributed by atoms with Crippen molar-refractivity contribution in [1.82, 2.24) is 19.9 Å². The maximum absolute atomic E-state index is 13.5. The van der Waals surface area contributed by atoms with E-state index in [-0.39, 0.29) is 17.4 Å². The quantitative estimate of drug-likeness (QED) is 0.466. The number of rotatable bonds is 2. The van der Waals surface area contributed by atoms with Gasteiger partial charge in [0.05, 0.1) is 23.4 Å². The largest absolute Gasteiger partial charge is 0.440 e. The fourth-order valence-electron chi connectivity index (χ4n) is 5.67. The monoisotopic (exact) mass is 424 g/mol. The van der Waals surface area contributed by atoms with Crippen LogP contribution in [0.5, 0.6) is 0 Å². The summed E-state index contributed by atoms with van der Waals surface area (Å²) in [5.74, 6) is 1.42. The van der Waals surface area contributed by atoms with Gasteiger partial charge in [-0.15, -0.1) is 0 Å². The lowest BCUT2D eigenvalue weighted by Gasteiger charge is -2.51. The van der Waals surface area contributed by atoms with Crippen LogP contribution in [-0.2, 0) is 11.8 Å². The van der Waals surface area contributed by atoms with Crippen LogP contribution in [0.4, 0.5) is 0 Å². The summed E-state index contributed by atoms with van der Waals surface area (Å²) in [4.78, 5) is 27.7. The number of fused-ring (bicyclic) bond motifs is 6. The highest BCUT2D eigenvalue weighted by Crippen LogP contribution is 2.49. The van der Waals surface area contributed by atoms with Crippen LogP contribution < -0.4 is 0 Å². The number of hydrogen-bond donors (Lipinski definition) is 1. The summed E-state index contributed by atoms with van der Waals surface area (Å²) in [6, 6.07) is 10.0. The third-order valence-corrected chi connectivity index (χ3v) is 7.83. The van der Waals surface area contributed by atoms with E-state index in [0.29, 0.717) is 18.0 Å². The van der Waals surface area contributed by atoms with Crippen LogP contribution in [0, 0.1) is 0 Å². The van der Waals surface area contributed by atoms with E-state index in [1.807, 2.05) is 23.1 Å². The number of oxazole rings is 1. The SMILES string of the molecule is C=C1C2Cc3cc4nc(C5CC5)oc4cc3[C@]1(C)CCN2C(=O)c1ccc2nc[nH]c2c1. The first-order chi connectivity index (χ1) is 15.5. The van der Waals surface area contributed by atoms with E-state index in [1.54, 1.807) is 6.33 Å². The molecule has 32 heavy (non-hydrogen) atoms. The number of nitrogens with zero attached hydrogens (tertiary/aromatic N) is 3. The van der Waals surface area contributed by atoms with Gasteiger partial charge < -0.3 is 14.3 Å². The Morgan fingerprint density at radius 1 is 1.25 bits per heavy atom. The fourth-order valence-corrected chi connectivity index (χ4v) is 5.67. The summed E-state index contributed by atoms with van der Waals surface area (Å²) < 4.78 is 6.11. The molecule has 0 radical (unpaired) electrons. The third kappa shape index (κ3) is 2.43. The maximum atomic E-state index is 13.5. The minimum atomic E-state index is -0.164. The lowest BCUT2D eigenvalue weighted by atomic mass is 9.62. The first kappa shape index (κ1) is 18.2. The summed E-state index contributed by atoms with van der Waals surface area (Å²) in [5, 5.41) is 0. The molecule has 7 rings (SSSR count). The molecule has 4 aromatic rings. The number of hydrogen-bond acceptors (Lipinski definition) is 4. The molecular weight excluding hydrogens is 400 g/mol. The second-order valence-corrected chi connectivity index (χ2v) is 9.76. The molecule has 2 bridgehead atoms. The van der Waals surface area contributed by atoms with Crippen molar-refractivity contribution >= 4 is 28.0 Å². The molecule has 1 amide bonds. The Morgan fingerprint density at radius 3 is 2.97 bits per heavy atom. The van der Waals surface area contributed by atoms with Gasteiger partial charge >= 0.3 is 0 Å². The average Bonchev–Trinajstić information content (AvgIpc) is 3.38. The van der Waals surface area contributed by atoms with Crippen LogP contribution in [-0.4, -0.2) is 38.3 Å². The highest BCUT2D eigenvalue weighted by molar-refractivity contribution is 5.98. The molecule has 2 aliphatic carbocycles. The van der Waals surface area contributed by atoms with Gasteiger partial charge in [-0.05, 0) is 72.7 Å². The number of likely N-dealkylation sites (tertiary alicyclic amines) is 1. The van der Waals surface area contributed by atoms with Crippen LogP contribution in [0.2, 0.25) is 0 Å². The fraction of sp³-hybridized carbons (Fsp3) is 0.346. The minimum absolute atomic E-state index is 0.0153. The lowest BCUT2D eigenvalue weighted by Crippen LogP contribution is -2.55. The molecule has 6 nitrogen and oxygen atoms in total. The van der Waals surface area contributed by atoms with Crippen molar-refractivity contribution in [2.45, 2.75) is 50.0 Å². The Balaban J connectivity index is 1.28. The van der Waals surface area contributed by atoms with Crippen molar-refractivity contribution in [3.8, 4) is 0 Å². The molecule has 2 fully saturated rings. The van der Waals surface area contributed by atoms with Gasteiger partial charge in [0.25, 0.3) is 5.91 Å². The van der Waals surface area contributed by atoms with Crippen LogP contribution in [0.3, 0.4) is 0 Å². The summed E-state index contributed by atoms with van der Waals surface area (Å²) in [5.41, 5.74) is 7.75. The maximum Gasteiger partial charge on any atom is 0.254 e. The number of amides is 1. The van der Waals surface area contributed by atoms with Crippen molar-refractivity contribution < 1.29 is 9.21 Å². The molecule has 160 valence electrons. The van der Waals surface area contributed by atoms with E-state index in [9.17, 15) is 4.79 Å². The van der Waals surface area contributed by atoms with Gasteiger partial charge in [-0.2, -0.15) is 0 Å². The highest BCUT2D eigenvalue weighted by atomic mass is 16.3. The predicted molar refractivity (Wildman–Crippen MR) is 122 cm³/mol. The number of aromatic nitrogens is 3. The molecule has 3 aliphatic rings. The number of benzene rings is 2. The number of nitrogens with one attached hydrogen (secondary N) is 1. The van der Waals surface area contributed by atoms with E-state index >= 15 is 0 Å². The van der Waals surface area contributed by atoms with Gasteiger partial charge in [0, 0.05) is 23.4 Å². The average molecular weight is 425 g/mol. The second-order valence-electron chi connectivity index (χ2n) is 9.76. The Hall–Kier alpha value is -3.41. The van der Waals surface area contributed by atoms with Crippen molar-refractivity contribution in [2.24, 2.45) is 0 Å². The zero-order chi connectivity index (χ0) is 21.6. The first-order valence-electron chi connectivity index (χ1n) is 11.4. The molecule has 1 N–H and O–H groups in total. The molecule has 1 unspecified atom stereocenters. The Morgan fingerprint density at radius 2 is 2.12 bits per heavy atom. The molecule has 1 saturated carbocycles. The van der Waals surface area contributed by atoms with Crippen molar-refractivity contribution in [3.63, 3.8) is 0 Å². The molecule has 1 aliphatic heterocycles. The summed E-state index contributed by atoms with van der Waals surface area (Å²) in [6.45, 7) is 7.48. The van der Waals surface area contributed by atoms with E-state index in [2.05, 4.69) is 35.6 Å². The molecule has 0 spiro atoms. The van der Waals surface area contributed by atoms with Crippen LogP contribution >= 0.6 is 0 Å². The molecular formula is C26H24N4O2. The Kier molecular flexibility index (Phi) is 3.46. The minimum Gasteiger partial charge on any atom is -0.440 e. The third-order valence-electron chi connectivity index (χ3n) is 7.83. The zero-order valence-electron chi connectivity index (χ0n) is 18.0. The predicted octanol–water partition coefficient (Wildman–Crippen LogP) is 4.87. The van der Waals surface area contributed by atoms with Gasteiger partial charge in [0.2, 0.25) is 0 Å². The topological polar surface area (TPSA) is 75.0 Å². The van der Waals surface area contributed by atoms with E-state index in [4.69, 9.17) is 9.40 Å². The number of piperidine rings is 1. The van der Waals surface area contributed by atoms with Gasteiger partial charge in [-0.1, -0.05) is 13.5 Å². The second kappa shape index (κ2) is 6.09. The standard InChI is InChI=1S/C26H24N4O2/c1-14-22-11-17-10-21-23(32-24(29-21)15-3-4-15)12-18(17)26(14,2)7-8-30(22)25(31)16-5-6-19-20(9-16)28-13-27-19/h5-6,9-10,12-13,15,22H,1,3-4,7-8,11H2,2H3,(H,27,28)/t22?,26-/m1/s1. The van der Waals surface area contributed by atoms with Gasteiger partial charge in [-0.25, -0.2) is 9.97 Å². The number of aromatic amines is 1. The molecule has 6 heteroatoms. The first-order valence-corrected chi connectivity index (χ1v) is 11.4. The lowest BCUT2D eigenvalue weighted by molar-refractivity contribution is 0.0619. The van der Waals surface area contributed by atoms with E-state index < -0.39 is 0 Å². The molecule has 2 aromatic carbocycles. The van der Waals surface area contributed by atoms with Gasteiger partial charge in [0.15, 0.2) is 11.5 Å². The number of carbonyl (C=O) groups is 1. The van der Waals surface area contributed by atoms with Crippen LogP contribution in [0.25, 0.3) is 22.1 Å². The highest BCUT2D eigenvalue weighted by Gasteiger charge is 2.47. The van der Waals surface area contributed by atoms with Crippen LogP contribution in [0.1, 0.15) is 59.5 Å². The van der Waals surface area contributed by atoms with Crippen LogP contribution in [0.15, 0.2) is 53.2 Å². The summed E-state index contributed by atoms with van der Waals surface area (Å²) in [6.07, 6.45) is 5.62. The zero-order valence-corrected chi connectivity index (χ0v) is 18.0. The molecule has 2 atom stereocenters. The van der Waals surface area contributed by atoms with Gasteiger partial charge in [0.1, 0.15) is 5.52 Å². The smallest absolute Gasteiger partial charge is 0.254 e. The van der Waals surface area contributed by atoms with E-state index in [0.717, 1.165) is 46.4 Å². The normalized spacial score (nSPS) is 24.8. The van der Waals surface area contributed by atoms with Crippen molar-refractivity contribution in [3.05, 3.63) is 71.4 Å². The molecule has 2 aromatic heterocycles. The number of carbonyl (C=O) groups excluding carboxylic acids is 1. The summed E-state index contributed by atoms with van der Waals surface area (Å²) in [7, 11) is 0. The number of H-pyrrole nitrogens is 1. The number of imidazole rings is 1. The summed E-state index contributed by atoms with van der Waals surface area (Å²) >= 11 is 0. The van der Waals surface area contributed by atoms with Gasteiger partial charge in [-0.3, -0.25) is 4.79 Å². The molecule has 3 heterocycles. The Labute approximate surface area is 185 Å². The molecule has 1 saturated heterocycles.